The molecule has 1 aliphatic heterocycles. The van der Waals surface area contributed by atoms with E-state index in [-0.39, 0.29) is 5.91 Å². The molecule has 0 bridgehead atoms. The summed E-state index contributed by atoms with van der Waals surface area (Å²) in [6.07, 6.45) is 5.78. The number of aromatic nitrogens is 2. The van der Waals surface area contributed by atoms with Gasteiger partial charge < -0.3 is 14.2 Å². The lowest BCUT2D eigenvalue weighted by molar-refractivity contribution is 0.0714. The number of carbonyl (C=O) groups is 1. The number of hydrogen-bond donors (Lipinski definition) is 0. The number of nitrogens with zero attached hydrogens (tertiary/aromatic N) is 4. The summed E-state index contributed by atoms with van der Waals surface area (Å²) in [4.78, 5) is 25.3. The van der Waals surface area contributed by atoms with Crippen LogP contribution in [0.2, 0.25) is 0 Å². The molecular formula is C16H18N4O2. The Kier molecular flexibility index (Phi) is 3.29. The summed E-state index contributed by atoms with van der Waals surface area (Å²) in [6.45, 7) is 2.94. The quantitative estimate of drug-likeness (QED) is 0.866. The summed E-state index contributed by atoms with van der Waals surface area (Å²) in [5, 5.41) is 0. The van der Waals surface area contributed by atoms with Gasteiger partial charge in [0.15, 0.2) is 5.76 Å². The van der Waals surface area contributed by atoms with Crippen LogP contribution in [-0.4, -0.2) is 47.0 Å². The van der Waals surface area contributed by atoms with E-state index in [1.54, 1.807) is 12.1 Å². The molecule has 0 unspecified atom stereocenters. The lowest BCUT2D eigenvalue weighted by Crippen LogP contribution is -2.49. The van der Waals surface area contributed by atoms with E-state index in [9.17, 15) is 4.79 Å². The van der Waals surface area contributed by atoms with Gasteiger partial charge in [-0.15, -0.1) is 0 Å². The number of rotatable bonds is 3. The van der Waals surface area contributed by atoms with Crippen molar-refractivity contribution < 1.29 is 9.21 Å². The molecule has 1 saturated heterocycles. The first-order valence-corrected chi connectivity index (χ1v) is 7.72. The van der Waals surface area contributed by atoms with E-state index in [2.05, 4.69) is 14.9 Å². The monoisotopic (exact) mass is 298 g/mol. The summed E-state index contributed by atoms with van der Waals surface area (Å²) >= 11 is 0. The minimum Gasteiger partial charge on any atom is -0.459 e. The minimum atomic E-state index is -0.0361. The molecule has 2 fully saturated rings. The van der Waals surface area contributed by atoms with Crippen molar-refractivity contribution in [3.63, 3.8) is 0 Å². The molecule has 1 saturated carbocycles. The molecule has 1 aliphatic carbocycles. The number of anilines is 1. The van der Waals surface area contributed by atoms with Gasteiger partial charge in [0.05, 0.1) is 6.26 Å². The van der Waals surface area contributed by atoms with Crippen molar-refractivity contribution in [3.8, 4) is 0 Å². The molecule has 2 aliphatic rings. The molecule has 6 heteroatoms. The standard InChI is InChI=1S/C16H18N4O2/c21-16(13-2-1-11-22-13)20-9-7-19(8-10-20)14-5-6-17-15(18-14)12-3-4-12/h1-2,5-6,11-12H,3-4,7-10H2. The Bertz CT molecular complexity index is 659. The van der Waals surface area contributed by atoms with Crippen LogP contribution < -0.4 is 4.90 Å². The molecule has 3 heterocycles. The predicted molar refractivity (Wildman–Crippen MR) is 80.8 cm³/mol. The predicted octanol–water partition coefficient (Wildman–Crippen LogP) is 1.91. The van der Waals surface area contributed by atoms with Crippen molar-refractivity contribution in [2.75, 3.05) is 31.1 Å². The van der Waals surface area contributed by atoms with E-state index >= 15 is 0 Å². The third-order valence-electron chi connectivity index (χ3n) is 4.22. The second-order valence-electron chi connectivity index (χ2n) is 5.80. The van der Waals surface area contributed by atoms with Crippen LogP contribution in [0.3, 0.4) is 0 Å². The Balaban J connectivity index is 1.41. The lowest BCUT2D eigenvalue weighted by atomic mass is 10.2. The number of furan rings is 1. The normalized spacial score (nSPS) is 18.5. The zero-order valence-corrected chi connectivity index (χ0v) is 12.3. The van der Waals surface area contributed by atoms with Gasteiger partial charge in [-0.1, -0.05) is 0 Å². The topological polar surface area (TPSA) is 62.5 Å². The van der Waals surface area contributed by atoms with Crippen molar-refractivity contribution in [2.45, 2.75) is 18.8 Å². The minimum absolute atomic E-state index is 0.0361. The van der Waals surface area contributed by atoms with Crippen LogP contribution in [-0.2, 0) is 0 Å². The molecule has 0 aromatic carbocycles. The third kappa shape index (κ3) is 2.56. The average Bonchev–Trinajstić information content (AvgIpc) is 3.29. The maximum Gasteiger partial charge on any atom is 0.289 e. The summed E-state index contributed by atoms with van der Waals surface area (Å²) in [7, 11) is 0. The van der Waals surface area contributed by atoms with Crippen molar-refractivity contribution >= 4 is 11.7 Å². The Morgan fingerprint density at radius 2 is 2.00 bits per heavy atom. The van der Waals surface area contributed by atoms with E-state index < -0.39 is 0 Å². The molecule has 4 rings (SSSR count). The Morgan fingerprint density at radius 3 is 2.68 bits per heavy atom. The SMILES string of the molecule is O=C(c1ccco1)N1CCN(c2ccnc(C3CC3)n2)CC1. The van der Waals surface area contributed by atoms with Crippen LogP contribution in [0.25, 0.3) is 0 Å². The van der Waals surface area contributed by atoms with Crippen LogP contribution in [0.5, 0.6) is 0 Å². The Labute approximate surface area is 128 Å². The zero-order chi connectivity index (χ0) is 14.9. The van der Waals surface area contributed by atoms with Crippen LogP contribution in [0.1, 0.15) is 35.1 Å². The molecule has 0 atom stereocenters. The first-order valence-electron chi connectivity index (χ1n) is 7.72. The molecule has 0 spiro atoms. The van der Waals surface area contributed by atoms with Gasteiger partial charge in [0.2, 0.25) is 0 Å². The highest BCUT2D eigenvalue weighted by molar-refractivity contribution is 5.91. The first-order chi connectivity index (χ1) is 10.8. The fraction of sp³-hybridized carbons (Fsp3) is 0.438. The molecular weight excluding hydrogens is 280 g/mol. The van der Waals surface area contributed by atoms with Gasteiger partial charge >= 0.3 is 0 Å². The molecule has 2 aromatic heterocycles. The molecule has 2 aromatic rings. The molecule has 22 heavy (non-hydrogen) atoms. The van der Waals surface area contributed by atoms with Gasteiger partial charge in [-0.25, -0.2) is 9.97 Å². The van der Waals surface area contributed by atoms with E-state index in [1.165, 1.54) is 19.1 Å². The molecule has 6 nitrogen and oxygen atoms in total. The number of hydrogen-bond acceptors (Lipinski definition) is 5. The maximum absolute atomic E-state index is 12.2. The second-order valence-corrected chi connectivity index (χ2v) is 5.80. The summed E-state index contributed by atoms with van der Waals surface area (Å²) < 4.78 is 5.18. The molecule has 1 amide bonds. The Hall–Kier alpha value is -2.37. The summed E-state index contributed by atoms with van der Waals surface area (Å²) in [5.74, 6) is 2.87. The van der Waals surface area contributed by atoms with Crippen molar-refractivity contribution in [3.05, 3.63) is 42.2 Å². The van der Waals surface area contributed by atoms with E-state index in [4.69, 9.17) is 4.42 Å². The maximum atomic E-state index is 12.2. The average molecular weight is 298 g/mol. The van der Waals surface area contributed by atoms with Gasteiger partial charge in [-0.3, -0.25) is 4.79 Å². The number of amides is 1. The van der Waals surface area contributed by atoms with Crippen molar-refractivity contribution in [2.24, 2.45) is 0 Å². The van der Waals surface area contributed by atoms with Gasteiger partial charge in [0.25, 0.3) is 5.91 Å². The fourth-order valence-corrected chi connectivity index (χ4v) is 2.77. The number of carbonyl (C=O) groups excluding carboxylic acids is 1. The van der Waals surface area contributed by atoms with Gasteiger partial charge in [-0.2, -0.15) is 0 Å². The molecule has 114 valence electrons. The van der Waals surface area contributed by atoms with Crippen LogP contribution in [0, 0.1) is 0 Å². The highest BCUT2D eigenvalue weighted by atomic mass is 16.3. The molecule has 0 N–H and O–H groups in total. The smallest absolute Gasteiger partial charge is 0.289 e. The largest absolute Gasteiger partial charge is 0.459 e. The lowest BCUT2D eigenvalue weighted by Gasteiger charge is -2.35. The van der Waals surface area contributed by atoms with Crippen molar-refractivity contribution in [1.29, 1.82) is 0 Å². The van der Waals surface area contributed by atoms with E-state index in [1.807, 2.05) is 17.2 Å². The van der Waals surface area contributed by atoms with Crippen molar-refractivity contribution in [1.82, 2.24) is 14.9 Å². The van der Waals surface area contributed by atoms with Crippen LogP contribution >= 0.6 is 0 Å². The fourth-order valence-electron chi connectivity index (χ4n) is 2.77. The van der Waals surface area contributed by atoms with Gasteiger partial charge in [0.1, 0.15) is 11.6 Å². The van der Waals surface area contributed by atoms with Crippen LogP contribution in [0.4, 0.5) is 5.82 Å². The Morgan fingerprint density at radius 1 is 1.18 bits per heavy atom. The highest BCUT2D eigenvalue weighted by Gasteiger charge is 2.28. The third-order valence-corrected chi connectivity index (χ3v) is 4.22. The van der Waals surface area contributed by atoms with Crippen LogP contribution in [0.15, 0.2) is 35.1 Å². The van der Waals surface area contributed by atoms with Gasteiger partial charge in [-0.05, 0) is 31.0 Å². The first kappa shape index (κ1) is 13.3. The van der Waals surface area contributed by atoms with E-state index in [0.29, 0.717) is 24.8 Å². The molecule has 0 radical (unpaired) electrons. The van der Waals surface area contributed by atoms with Gasteiger partial charge in [0, 0.05) is 38.3 Å². The highest BCUT2D eigenvalue weighted by Crippen LogP contribution is 2.38. The zero-order valence-electron chi connectivity index (χ0n) is 12.3. The summed E-state index contributed by atoms with van der Waals surface area (Å²) in [6, 6.07) is 5.40. The second kappa shape index (κ2) is 5.44. The number of piperazine rings is 1. The van der Waals surface area contributed by atoms with E-state index in [0.717, 1.165) is 24.7 Å². The summed E-state index contributed by atoms with van der Waals surface area (Å²) in [5.41, 5.74) is 0.